The topological polar surface area (TPSA) is 9.23 Å². The normalized spacial score (nSPS) is 12.0. The van der Waals surface area contributed by atoms with Gasteiger partial charge in [0.15, 0.2) is 0 Å². The first-order valence-electron chi connectivity index (χ1n) is 10.1. The number of ether oxygens (including phenoxy) is 1. The lowest BCUT2D eigenvalue weighted by Crippen LogP contribution is -2.03. The summed E-state index contributed by atoms with van der Waals surface area (Å²) in [7, 11) is 0. The monoisotopic (exact) mass is 312 g/mol. The van der Waals surface area contributed by atoms with E-state index in [2.05, 4.69) is 27.7 Å². The van der Waals surface area contributed by atoms with Crippen molar-refractivity contribution in [2.45, 2.75) is 118 Å². The molecule has 0 fully saturated rings. The first-order chi connectivity index (χ1) is 10.6. The van der Waals surface area contributed by atoms with Gasteiger partial charge in [-0.05, 0) is 25.2 Å². The highest BCUT2D eigenvalue weighted by Gasteiger charge is 2.08. The largest absolute Gasteiger partial charge is 0.382 e. The molecule has 0 saturated heterocycles. The molecule has 0 aliphatic carbocycles. The van der Waals surface area contributed by atoms with Gasteiger partial charge < -0.3 is 4.74 Å². The Labute approximate surface area is 141 Å². The summed E-state index contributed by atoms with van der Waals surface area (Å²) < 4.78 is 5.36. The molecule has 0 radical (unpaired) electrons. The average molecular weight is 313 g/mol. The fourth-order valence-electron chi connectivity index (χ4n) is 2.95. The van der Waals surface area contributed by atoms with Crippen LogP contribution >= 0.6 is 0 Å². The van der Waals surface area contributed by atoms with Crippen LogP contribution < -0.4 is 0 Å². The quantitative estimate of drug-likeness (QED) is 0.268. The van der Waals surface area contributed by atoms with Gasteiger partial charge >= 0.3 is 0 Å². The molecule has 1 heteroatoms. The molecule has 0 unspecified atom stereocenters. The zero-order chi connectivity index (χ0) is 16.5. The summed E-state index contributed by atoms with van der Waals surface area (Å²) in [5.74, 6) is 0. The number of rotatable bonds is 16. The number of hydrogen-bond donors (Lipinski definition) is 0. The fourth-order valence-corrected chi connectivity index (χ4v) is 2.95. The van der Waals surface area contributed by atoms with Crippen molar-refractivity contribution in [3.63, 3.8) is 0 Å². The van der Waals surface area contributed by atoms with Gasteiger partial charge in [-0.1, -0.05) is 97.8 Å². The van der Waals surface area contributed by atoms with Crippen molar-refractivity contribution in [1.82, 2.24) is 0 Å². The van der Waals surface area contributed by atoms with Crippen molar-refractivity contribution in [3.8, 4) is 0 Å². The van der Waals surface area contributed by atoms with Gasteiger partial charge in [0, 0.05) is 13.2 Å². The van der Waals surface area contributed by atoms with Crippen LogP contribution in [0.1, 0.15) is 118 Å². The summed E-state index contributed by atoms with van der Waals surface area (Å²) in [5, 5.41) is 0. The third kappa shape index (κ3) is 20.0. The molecule has 22 heavy (non-hydrogen) atoms. The SMILES string of the molecule is CCOCCCCCCCCCCCCCCCC(C)(C)C. The third-order valence-corrected chi connectivity index (χ3v) is 4.42. The molecule has 0 aromatic rings. The van der Waals surface area contributed by atoms with Gasteiger partial charge in [-0.3, -0.25) is 0 Å². The molecule has 0 amide bonds. The van der Waals surface area contributed by atoms with E-state index in [1.54, 1.807) is 0 Å². The zero-order valence-corrected chi connectivity index (χ0v) is 16.2. The fraction of sp³-hybridized carbons (Fsp3) is 1.00. The van der Waals surface area contributed by atoms with Crippen molar-refractivity contribution in [2.75, 3.05) is 13.2 Å². The van der Waals surface area contributed by atoms with E-state index in [1.165, 1.54) is 89.9 Å². The Kier molecular flexibility index (Phi) is 15.8. The Hall–Kier alpha value is -0.0400. The maximum atomic E-state index is 5.36. The molecule has 0 aromatic heterocycles. The minimum atomic E-state index is 0.531. The van der Waals surface area contributed by atoms with Crippen LogP contribution in [-0.4, -0.2) is 13.2 Å². The molecule has 0 aliphatic rings. The van der Waals surface area contributed by atoms with Crippen LogP contribution in [0.25, 0.3) is 0 Å². The van der Waals surface area contributed by atoms with Gasteiger partial charge in [0.25, 0.3) is 0 Å². The second-order valence-corrected chi connectivity index (χ2v) is 8.10. The maximum Gasteiger partial charge on any atom is 0.0465 e. The summed E-state index contributed by atoms with van der Waals surface area (Å²) in [4.78, 5) is 0. The minimum absolute atomic E-state index is 0.531. The van der Waals surface area contributed by atoms with E-state index in [1.807, 2.05) is 0 Å². The second-order valence-electron chi connectivity index (χ2n) is 8.10. The van der Waals surface area contributed by atoms with Gasteiger partial charge in [0.1, 0.15) is 0 Å². The molecular formula is C21H44O. The summed E-state index contributed by atoms with van der Waals surface area (Å²) in [6.45, 7) is 11.0. The molecule has 0 heterocycles. The molecule has 0 N–H and O–H groups in total. The predicted octanol–water partition coefficient (Wildman–Crippen LogP) is 7.53. The first kappa shape index (κ1) is 22.0. The van der Waals surface area contributed by atoms with Gasteiger partial charge in [-0.25, -0.2) is 0 Å². The van der Waals surface area contributed by atoms with Gasteiger partial charge in [0.2, 0.25) is 0 Å². The highest BCUT2D eigenvalue weighted by atomic mass is 16.5. The first-order valence-corrected chi connectivity index (χ1v) is 10.1. The van der Waals surface area contributed by atoms with E-state index in [9.17, 15) is 0 Å². The Morgan fingerprint density at radius 1 is 0.545 bits per heavy atom. The van der Waals surface area contributed by atoms with Crippen molar-refractivity contribution in [3.05, 3.63) is 0 Å². The van der Waals surface area contributed by atoms with Crippen molar-refractivity contribution in [1.29, 1.82) is 0 Å². The van der Waals surface area contributed by atoms with E-state index in [0.717, 1.165) is 13.2 Å². The number of hydrogen-bond acceptors (Lipinski definition) is 1. The van der Waals surface area contributed by atoms with Crippen LogP contribution in [0.2, 0.25) is 0 Å². The molecule has 0 rings (SSSR count). The second kappa shape index (κ2) is 15.8. The van der Waals surface area contributed by atoms with Crippen molar-refractivity contribution < 1.29 is 4.74 Å². The third-order valence-electron chi connectivity index (χ3n) is 4.42. The summed E-state index contributed by atoms with van der Waals surface area (Å²) in [6.07, 6.45) is 19.9. The summed E-state index contributed by atoms with van der Waals surface area (Å²) in [5.41, 5.74) is 0.531. The highest BCUT2D eigenvalue weighted by Crippen LogP contribution is 2.22. The van der Waals surface area contributed by atoms with Crippen molar-refractivity contribution >= 4 is 0 Å². The smallest absolute Gasteiger partial charge is 0.0465 e. The average Bonchev–Trinajstić information content (AvgIpc) is 2.45. The molecule has 0 atom stereocenters. The van der Waals surface area contributed by atoms with E-state index in [-0.39, 0.29) is 0 Å². The van der Waals surface area contributed by atoms with E-state index >= 15 is 0 Å². The van der Waals surface area contributed by atoms with E-state index in [4.69, 9.17) is 4.74 Å². The maximum absolute atomic E-state index is 5.36. The lowest BCUT2D eigenvalue weighted by atomic mass is 9.89. The molecule has 134 valence electrons. The van der Waals surface area contributed by atoms with Crippen LogP contribution in [0.3, 0.4) is 0 Å². The summed E-state index contributed by atoms with van der Waals surface area (Å²) in [6, 6.07) is 0. The molecular weight excluding hydrogens is 268 g/mol. The molecule has 0 aromatic carbocycles. The Balaban J connectivity index is 3.00. The molecule has 0 aliphatic heterocycles. The highest BCUT2D eigenvalue weighted by molar-refractivity contribution is 4.61. The van der Waals surface area contributed by atoms with Crippen LogP contribution in [0.15, 0.2) is 0 Å². The van der Waals surface area contributed by atoms with Crippen LogP contribution in [0.4, 0.5) is 0 Å². The van der Waals surface area contributed by atoms with Gasteiger partial charge in [-0.15, -0.1) is 0 Å². The molecule has 1 nitrogen and oxygen atoms in total. The lowest BCUT2D eigenvalue weighted by Gasteiger charge is -2.17. The molecule has 0 saturated carbocycles. The zero-order valence-electron chi connectivity index (χ0n) is 16.2. The van der Waals surface area contributed by atoms with E-state index < -0.39 is 0 Å². The van der Waals surface area contributed by atoms with E-state index in [0.29, 0.717) is 5.41 Å². The van der Waals surface area contributed by atoms with Crippen LogP contribution in [0, 0.1) is 5.41 Å². The Morgan fingerprint density at radius 2 is 0.909 bits per heavy atom. The lowest BCUT2D eigenvalue weighted by molar-refractivity contribution is 0.143. The Bertz CT molecular complexity index is 204. The van der Waals surface area contributed by atoms with Gasteiger partial charge in [0.05, 0.1) is 0 Å². The molecule has 0 bridgehead atoms. The Morgan fingerprint density at radius 3 is 1.27 bits per heavy atom. The van der Waals surface area contributed by atoms with Crippen LogP contribution in [0.5, 0.6) is 0 Å². The van der Waals surface area contributed by atoms with Gasteiger partial charge in [-0.2, -0.15) is 0 Å². The number of unbranched alkanes of at least 4 members (excludes halogenated alkanes) is 12. The predicted molar refractivity (Wildman–Crippen MR) is 101 cm³/mol. The molecule has 0 spiro atoms. The summed E-state index contributed by atoms with van der Waals surface area (Å²) >= 11 is 0. The van der Waals surface area contributed by atoms with Crippen molar-refractivity contribution in [2.24, 2.45) is 5.41 Å². The minimum Gasteiger partial charge on any atom is -0.382 e. The van der Waals surface area contributed by atoms with Crippen LogP contribution in [-0.2, 0) is 4.74 Å². The standard InChI is InChI=1S/C21H44O/c1-5-22-20-18-16-14-12-10-8-6-7-9-11-13-15-17-19-21(2,3)4/h5-20H2,1-4H3.